The molecule has 1 aromatic carbocycles. The summed E-state index contributed by atoms with van der Waals surface area (Å²) >= 11 is 1.67. The van der Waals surface area contributed by atoms with E-state index in [0.717, 1.165) is 24.3 Å². The largest absolute Gasteiger partial charge is 0.354 e. The summed E-state index contributed by atoms with van der Waals surface area (Å²) in [5.41, 5.74) is 0.860. The minimum Gasteiger partial charge on any atom is -0.354 e. The van der Waals surface area contributed by atoms with E-state index >= 15 is 0 Å². The van der Waals surface area contributed by atoms with Gasteiger partial charge in [-0.15, -0.1) is 11.8 Å². The van der Waals surface area contributed by atoms with Crippen LogP contribution in [0.3, 0.4) is 0 Å². The molecule has 1 saturated carbocycles. The number of carbonyl (C=O) groups is 1. The number of carbonyl (C=O) groups excluding carboxylic acids is 1. The van der Waals surface area contributed by atoms with Crippen molar-refractivity contribution in [2.75, 3.05) is 12.3 Å². The van der Waals surface area contributed by atoms with Gasteiger partial charge in [0.15, 0.2) is 0 Å². The zero-order chi connectivity index (χ0) is 16.8. The maximum absolute atomic E-state index is 12.0. The molecule has 126 valence electrons. The lowest BCUT2D eigenvalue weighted by molar-refractivity contribution is -0.120. The minimum atomic E-state index is -0.0409. The number of nitrogens with one attached hydrogen (secondary N) is 1. The van der Waals surface area contributed by atoms with Crippen LogP contribution in [0.25, 0.3) is 0 Å². The minimum absolute atomic E-state index is 0.00837. The van der Waals surface area contributed by atoms with Crippen LogP contribution in [0.2, 0.25) is 0 Å². The van der Waals surface area contributed by atoms with Crippen molar-refractivity contribution in [3.8, 4) is 0 Å². The average molecular weight is 343 g/mol. The van der Waals surface area contributed by atoms with E-state index in [1.54, 1.807) is 28.7 Å². The molecule has 0 spiro atoms. The van der Waals surface area contributed by atoms with Crippen molar-refractivity contribution in [3.05, 3.63) is 58.8 Å². The van der Waals surface area contributed by atoms with Crippen LogP contribution in [0.1, 0.15) is 30.9 Å². The first-order chi connectivity index (χ1) is 11.7. The van der Waals surface area contributed by atoms with Crippen LogP contribution < -0.4 is 10.9 Å². The number of amides is 1. The van der Waals surface area contributed by atoms with Crippen molar-refractivity contribution in [2.45, 2.75) is 36.6 Å². The van der Waals surface area contributed by atoms with Gasteiger partial charge in [-0.1, -0.05) is 18.2 Å². The molecule has 24 heavy (non-hydrogen) atoms. The van der Waals surface area contributed by atoms with Gasteiger partial charge < -0.3 is 5.32 Å². The van der Waals surface area contributed by atoms with Crippen molar-refractivity contribution >= 4 is 17.7 Å². The van der Waals surface area contributed by atoms with E-state index in [1.165, 1.54) is 4.90 Å². The quantitative estimate of drug-likeness (QED) is 0.748. The van der Waals surface area contributed by atoms with Crippen LogP contribution in [0.5, 0.6) is 0 Å². The van der Waals surface area contributed by atoms with Crippen LogP contribution in [0.4, 0.5) is 0 Å². The molecule has 5 nitrogen and oxygen atoms in total. The molecule has 0 radical (unpaired) electrons. The lowest BCUT2D eigenvalue weighted by atomic mass is 10.3. The first kappa shape index (κ1) is 16.8. The molecule has 0 saturated heterocycles. The Kier molecular flexibility index (Phi) is 5.69. The van der Waals surface area contributed by atoms with Crippen molar-refractivity contribution in [3.63, 3.8) is 0 Å². The summed E-state index contributed by atoms with van der Waals surface area (Å²) in [4.78, 5) is 29.3. The van der Waals surface area contributed by atoms with Crippen LogP contribution in [-0.2, 0) is 11.3 Å². The van der Waals surface area contributed by atoms with E-state index in [9.17, 15) is 9.59 Å². The third kappa shape index (κ3) is 4.96. The van der Waals surface area contributed by atoms with Gasteiger partial charge in [0.05, 0.1) is 12.0 Å². The van der Waals surface area contributed by atoms with E-state index in [0.29, 0.717) is 25.4 Å². The monoisotopic (exact) mass is 343 g/mol. The first-order valence-corrected chi connectivity index (χ1v) is 9.22. The summed E-state index contributed by atoms with van der Waals surface area (Å²) in [5, 5.41) is 2.85. The number of hydrogen-bond donors (Lipinski definition) is 1. The Balaban J connectivity index is 1.36. The second kappa shape index (κ2) is 8.15. The van der Waals surface area contributed by atoms with Gasteiger partial charge in [0.25, 0.3) is 5.56 Å². The molecule has 1 heterocycles. The molecule has 1 aromatic heterocycles. The van der Waals surface area contributed by atoms with Gasteiger partial charge in [-0.25, -0.2) is 4.98 Å². The molecule has 1 N–H and O–H groups in total. The number of nitrogens with zero attached hydrogens (tertiary/aromatic N) is 2. The molecular formula is C18H21N3O2S. The van der Waals surface area contributed by atoms with E-state index in [1.807, 2.05) is 30.3 Å². The Hall–Kier alpha value is -2.08. The summed E-state index contributed by atoms with van der Waals surface area (Å²) in [7, 11) is 0. The normalized spacial score (nSPS) is 13.7. The highest BCUT2D eigenvalue weighted by atomic mass is 32.2. The number of aromatic nitrogens is 2. The Morgan fingerprint density at radius 1 is 1.29 bits per heavy atom. The van der Waals surface area contributed by atoms with Crippen molar-refractivity contribution in [2.24, 2.45) is 0 Å². The Labute approximate surface area is 145 Å². The van der Waals surface area contributed by atoms with Crippen LogP contribution in [0, 0.1) is 0 Å². The molecule has 2 aromatic rings. The summed E-state index contributed by atoms with van der Waals surface area (Å²) in [6, 6.07) is 11.6. The highest BCUT2D eigenvalue weighted by Gasteiger charge is 2.25. The zero-order valence-electron chi connectivity index (χ0n) is 13.5. The molecule has 1 aliphatic carbocycles. The molecule has 1 fully saturated rings. The van der Waals surface area contributed by atoms with Crippen molar-refractivity contribution < 1.29 is 4.79 Å². The smallest absolute Gasteiger partial charge is 0.253 e. The van der Waals surface area contributed by atoms with Gasteiger partial charge in [0, 0.05) is 42.1 Å². The third-order valence-corrected chi connectivity index (χ3v) is 4.93. The van der Waals surface area contributed by atoms with E-state index in [-0.39, 0.29) is 11.5 Å². The van der Waals surface area contributed by atoms with Crippen molar-refractivity contribution in [1.82, 2.24) is 14.9 Å². The molecule has 1 aliphatic rings. The summed E-state index contributed by atoms with van der Waals surface area (Å²) in [6.07, 6.45) is 4.32. The maximum atomic E-state index is 12.0. The van der Waals surface area contributed by atoms with Crippen LogP contribution in [-0.4, -0.2) is 27.8 Å². The molecule has 0 atom stereocenters. The third-order valence-electron chi connectivity index (χ3n) is 3.91. The fraction of sp³-hybridized carbons (Fsp3) is 0.389. The molecule has 1 amide bonds. The predicted octanol–water partition coefficient (Wildman–Crippen LogP) is 2.42. The Morgan fingerprint density at radius 2 is 2.08 bits per heavy atom. The Bertz CT molecular complexity index is 741. The lowest BCUT2D eigenvalue weighted by Crippen LogP contribution is -2.31. The summed E-state index contributed by atoms with van der Waals surface area (Å²) in [5.74, 6) is 1.23. The van der Waals surface area contributed by atoms with Gasteiger partial charge in [-0.2, -0.15) is 0 Å². The number of benzene rings is 1. The van der Waals surface area contributed by atoms with Crippen LogP contribution in [0.15, 0.2) is 52.4 Å². The molecule has 0 bridgehead atoms. The van der Waals surface area contributed by atoms with Gasteiger partial charge in [-0.3, -0.25) is 14.2 Å². The van der Waals surface area contributed by atoms with E-state index < -0.39 is 0 Å². The molecule has 0 unspecified atom stereocenters. The highest BCUT2D eigenvalue weighted by molar-refractivity contribution is 7.99. The first-order valence-electron chi connectivity index (χ1n) is 8.23. The van der Waals surface area contributed by atoms with E-state index in [4.69, 9.17) is 0 Å². The Morgan fingerprint density at radius 3 is 2.79 bits per heavy atom. The maximum Gasteiger partial charge on any atom is 0.253 e. The van der Waals surface area contributed by atoms with Gasteiger partial charge in [0.1, 0.15) is 0 Å². The molecule has 3 rings (SSSR count). The number of rotatable bonds is 8. The summed E-state index contributed by atoms with van der Waals surface area (Å²) in [6.45, 7) is 0.896. The number of hydrogen-bond acceptors (Lipinski definition) is 4. The molecular weight excluding hydrogens is 322 g/mol. The molecule has 6 heteroatoms. The lowest BCUT2D eigenvalue weighted by Gasteiger charge is -2.08. The van der Waals surface area contributed by atoms with Crippen LogP contribution >= 0.6 is 11.8 Å². The topological polar surface area (TPSA) is 64.0 Å². The zero-order valence-corrected chi connectivity index (χ0v) is 14.3. The van der Waals surface area contributed by atoms with Gasteiger partial charge >= 0.3 is 0 Å². The fourth-order valence-electron chi connectivity index (χ4n) is 2.39. The highest BCUT2D eigenvalue weighted by Crippen LogP contribution is 2.38. The average Bonchev–Trinajstić information content (AvgIpc) is 3.42. The summed E-state index contributed by atoms with van der Waals surface area (Å²) < 4.78 is 1.55. The van der Waals surface area contributed by atoms with E-state index in [2.05, 4.69) is 10.3 Å². The van der Waals surface area contributed by atoms with Gasteiger partial charge in [-0.05, 0) is 25.0 Å². The second-order valence-electron chi connectivity index (χ2n) is 5.88. The predicted molar refractivity (Wildman–Crippen MR) is 95.3 cm³/mol. The van der Waals surface area contributed by atoms with Crippen molar-refractivity contribution in [1.29, 1.82) is 0 Å². The SMILES string of the molecule is O=C(CCSc1ccccc1)NCCn1cnc(C2CC2)cc1=O. The second-order valence-corrected chi connectivity index (χ2v) is 7.05. The standard InChI is InChI=1S/C18H21N3O2S/c22-17(8-11-24-15-4-2-1-3-5-15)19-9-10-21-13-20-16(12-18(21)23)14-6-7-14/h1-5,12-14H,6-11H2,(H,19,22). The van der Waals surface area contributed by atoms with Gasteiger partial charge in [0.2, 0.25) is 5.91 Å². The fourth-order valence-corrected chi connectivity index (χ4v) is 3.27. The number of thioether (sulfide) groups is 1. The molecule has 0 aliphatic heterocycles.